The summed E-state index contributed by atoms with van der Waals surface area (Å²) in [6, 6.07) is 0. The third-order valence-corrected chi connectivity index (χ3v) is 0. The summed E-state index contributed by atoms with van der Waals surface area (Å²) in [4.78, 5) is 0. The largest absolute Gasteiger partial charge is 2.00 e. The van der Waals surface area contributed by atoms with Gasteiger partial charge >= 0.3 is 17.4 Å². The van der Waals surface area contributed by atoms with Gasteiger partial charge in [0.25, 0.3) is 0 Å². The molecule has 0 rings (SSSR count). The summed E-state index contributed by atoms with van der Waals surface area (Å²) < 4.78 is 0. The van der Waals surface area contributed by atoms with Crippen molar-refractivity contribution in [1.29, 1.82) is 0 Å². The molecule has 0 aromatic carbocycles. The van der Waals surface area contributed by atoms with Crippen LogP contribution in [-0.2, 0) is 17.4 Å². The first kappa shape index (κ1) is 888. The summed E-state index contributed by atoms with van der Waals surface area (Å²) in [7, 11) is 0. The molecule has 0 aromatic rings. The Labute approximate surface area is 67.6 Å². The predicted octanol–water partition coefficient (Wildman–Crippen LogP) is -7.95. The summed E-state index contributed by atoms with van der Waals surface area (Å²) in [5.74, 6) is 0. The SMILES string of the molecule is O.O.O.O.O.O.[Br-].[Cr+2]. The second-order valence-corrected chi connectivity index (χ2v) is 0. The van der Waals surface area contributed by atoms with E-state index in [9.17, 15) is 0 Å². The van der Waals surface area contributed by atoms with Crippen LogP contribution in [0.5, 0.6) is 0 Å². The molecule has 0 aliphatic rings. The molecule has 0 spiro atoms. The van der Waals surface area contributed by atoms with Crippen molar-refractivity contribution in [3.05, 3.63) is 0 Å². The van der Waals surface area contributed by atoms with Crippen molar-refractivity contribution in [2.24, 2.45) is 0 Å². The van der Waals surface area contributed by atoms with Gasteiger partial charge in [0, 0.05) is 0 Å². The second-order valence-electron chi connectivity index (χ2n) is 0. The Kier molecular flexibility index (Phi) is 66300. The number of hydrogen-bond donors (Lipinski definition) is 0. The molecule has 0 fully saturated rings. The maximum atomic E-state index is 0. The zero-order valence-electron chi connectivity index (χ0n) is 3.79. The summed E-state index contributed by atoms with van der Waals surface area (Å²) >= 11 is 0. The fourth-order valence-electron chi connectivity index (χ4n) is 0. The van der Waals surface area contributed by atoms with Crippen molar-refractivity contribution >= 4 is 0 Å². The summed E-state index contributed by atoms with van der Waals surface area (Å²) in [6.07, 6.45) is 0. The average Bonchev–Trinajstić information content (AvgIpc) is 0. The van der Waals surface area contributed by atoms with Gasteiger partial charge in [-0.1, -0.05) is 0 Å². The van der Waals surface area contributed by atoms with E-state index in [2.05, 4.69) is 0 Å². The van der Waals surface area contributed by atoms with Gasteiger partial charge in [-0.3, -0.25) is 0 Å². The van der Waals surface area contributed by atoms with Crippen LogP contribution in [0.4, 0.5) is 0 Å². The predicted molar refractivity (Wildman–Crippen MR) is 21.7 cm³/mol. The van der Waals surface area contributed by atoms with E-state index in [-0.39, 0.29) is 67.2 Å². The standard InChI is InChI=1S/BrH.Cr.6H2O/h1H;;6*1H2/q;+2;;;;;;/p-1. The van der Waals surface area contributed by atoms with Crippen molar-refractivity contribution in [3.8, 4) is 0 Å². The molecular formula is H12BrCrO6+. The second kappa shape index (κ2) is 597. The van der Waals surface area contributed by atoms with E-state index in [1.165, 1.54) is 0 Å². The number of halogens is 1. The quantitative estimate of drug-likeness (QED) is 0.388. The molecule has 0 amide bonds. The van der Waals surface area contributed by atoms with Crippen molar-refractivity contribution in [2.45, 2.75) is 0 Å². The first-order valence-electron chi connectivity index (χ1n) is 0. The van der Waals surface area contributed by atoms with Crippen molar-refractivity contribution in [1.82, 2.24) is 0 Å². The Hall–Kier alpha value is 0.772. The van der Waals surface area contributed by atoms with Gasteiger partial charge in [-0.15, -0.1) is 0 Å². The average molecular weight is 240 g/mol. The Morgan fingerprint density at radius 2 is 0.375 bits per heavy atom. The minimum atomic E-state index is 0. The van der Waals surface area contributed by atoms with Gasteiger partial charge in [-0.05, 0) is 0 Å². The smallest absolute Gasteiger partial charge is 1.00 e. The molecule has 0 aliphatic heterocycles. The van der Waals surface area contributed by atoms with E-state index in [0.29, 0.717) is 0 Å². The molecule has 8 heavy (non-hydrogen) atoms. The van der Waals surface area contributed by atoms with E-state index in [4.69, 9.17) is 0 Å². The van der Waals surface area contributed by atoms with Crippen LogP contribution in [0.3, 0.4) is 0 Å². The number of rotatable bonds is 0. The molecule has 0 aliphatic carbocycles. The van der Waals surface area contributed by atoms with Gasteiger partial charge in [0.05, 0.1) is 0 Å². The molecule has 8 heteroatoms. The zero-order valence-corrected chi connectivity index (χ0v) is 6.65. The van der Waals surface area contributed by atoms with Crippen LogP contribution in [0.2, 0.25) is 0 Å². The summed E-state index contributed by atoms with van der Waals surface area (Å²) in [6.45, 7) is 0. The van der Waals surface area contributed by atoms with E-state index < -0.39 is 0 Å². The van der Waals surface area contributed by atoms with Crippen LogP contribution in [0.15, 0.2) is 0 Å². The Morgan fingerprint density at radius 3 is 0.375 bits per heavy atom. The Balaban J connectivity index is 0. The molecule has 60 valence electrons. The molecule has 6 nitrogen and oxygen atoms in total. The van der Waals surface area contributed by atoms with E-state index in [0.717, 1.165) is 0 Å². The minimum Gasteiger partial charge on any atom is -1.00 e. The zero-order chi connectivity index (χ0) is 0. The molecule has 0 aromatic heterocycles. The van der Waals surface area contributed by atoms with Gasteiger partial charge in [-0.25, -0.2) is 0 Å². The van der Waals surface area contributed by atoms with Crippen molar-refractivity contribution < 1.29 is 67.2 Å². The van der Waals surface area contributed by atoms with Gasteiger partial charge in [0.15, 0.2) is 0 Å². The van der Waals surface area contributed by atoms with Crippen molar-refractivity contribution in [3.63, 3.8) is 0 Å². The Bertz CT molecular complexity index is 8.49. The van der Waals surface area contributed by atoms with Crippen LogP contribution >= 0.6 is 0 Å². The molecule has 0 saturated carbocycles. The third kappa shape index (κ3) is 378. The van der Waals surface area contributed by atoms with Crippen LogP contribution < -0.4 is 17.0 Å². The van der Waals surface area contributed by atoms with Gasteiger partial charge in [0.1, 0.15) is 0 Å². The van der Waals surface area contributed by atoms with Gasteiger partial charge < -0.3 is 49.8 Å². The van der Waals surface area contributed by atoms with Crippen LogP contribution in [-0.4, -0.2) is 32.9 Å². The van der Waals surface area contributed by atoms with Gasteiger partial charge in [-0.2, -0.15) is 0 Å². The molecule has 0 atom stereocenters. The first-order chi connectivity index (χ1) is 0. The maximum absolute atomic E-state index is 0. The fourth-order valence-corrected chi connectivity index (χ4v) is 0. The van der Waals surface area contributed by atoms with Crippen molar-refractivity contribution in [2.75, 3.05) is 0 Å². The molecule has 0 radical (unpaired) electrons. The molecule has 0 unspecified atom stereocenters. The van der Waals surface area contributed by atoms with Crippen LogP contribution in [0.25, 0.3) is 0 Å². The van der Waals surface area contributed by atoms with E-state index >= 15 is 0 Å². The maximum Gasteiger partial charge on any atom is 2.00 e. The molecule has 0 bridgehead atoms. The monoisotopic (exact) mass is 239 g/mol. The third-order valence-electron chi connectivity index (χ3n) is 0. The topological polar surface area (TPSA) is 189 Å². The summed E-state index contributed by atoms with van der Waals surface area (Å²) in [5.41, 5.74) is 0. The molecule has 12 N–H and O–H groups in total. The Morgan fingerprint density at radius 1 is 0.375 bits per heavy atom. The van der Waals surface area contributed by atoms with Crippen LogP contribution in [0.1, 0.15) is 0 Å². The fraction of sp³-hybridized carbons (Fsp3) is 0. The van der Waals surface area contributed by atoms with E-state index in [1.54, 1.807) is 0 Å². The molecule has 0 heterocycles. The normalized spacial score (nSPS) is 0. The molecular weight excluding hydrogens is 228 g/mol. The van der Waals surface area contributed by atoms with E-state index in [1.807, 2.05) is 0 Å². The summed E-state index contributed by atoms with van der Waals surface area (Å²) in [5, 5.41) is 0. The minimum absolute atomic E-state index is 0. The first-order valence-corrected chi connectivity index (χ1v) is 0. The van der Waals surface area contributed by atoms with Crippen LogP contribution in [0, 0.1) is 0 Å². The molecule has 0 saturated heterocycles. The van der Waals surface area contributed by atoms with Gasteiger partial charge in [0.2, 0.25) is 0 Å². The number of hydrogen-bond acceptors (Lipinski definition) is 0.